The number of benzene rings is 2. The molecule has 0 spiro atoms. The summed E-state index contributed by atoms with van der Waals surface area (Å²) < 4.78 is 28.7. The van der Waals surface area contributed by atoms with Gasteiger partial charge in [0.25, 0.3) is 5.91 Å². The molecule has 2 heterocycles. The van der Waals surface area contributed by atoms with Crippen molar-refractivity contribution in [2.45, 2.75) is 17.4 Å². The summed E-state index contributed by atoms with van der Waals surface area (Å²) in [5.74, 6) is -0.652. The van der Waals surface area contributed by atoms with Crippen molar-refractivity contribution in [1.82, 2.24) is 10.2 Å². The van der Waals surface area contributed by atoms with Crippen LogP contribution in [0.4, 0.5) is 5.69 Å². The molecule has 1 atom stereocenters. The Morgan fingerprint density at radius 3 is 2.48 bits per heavy atom. The summed E-state index contributed by atoms with van der Waals surface area (Å²) in [7, 11) is -3.25. The van der Waals surface area contributed by atoms with E-state index in [0.717, 1.165) is 22.9 Å². The SMILES string of the molecule is CS(=O)(=O)c1ccc(-c2ccc3c(NC4CCOC4)c(C(N)=O)nnc3c2)cc1. The first-order valence-electron chi connectivity index (χ1n) is 9.08. The zero-order valence-corrected chi connectivity index (χ0v) is 16.6. The second-order valence-electron chi connectivity index (χ2n) is 7.02. The number of nitrogens with zero attached hydrogens (tertiary/aromatic N) is 2. The topological polar surface area (TPSA) is 124 Å². The predicted octanol–water partition coefficient (Wildman–Crippen LogP) is 2.00. The molecule has 1 amide bonds. The highest BCUT2D eigenvalue weighted by Crippen LogP contribution is 2.30. The Hall–Kier alpha value is -3.04. The number of nitrogens with two attached hydrogens (primary N) is 1. The molecule has 150 valence electrons. The fourth-order valence-corrected chi connectivity index (χ4v) is 3.98. The molecule has 8 nitrogen and oxygen atoms in total. The van der Waals surface area contributed by atoms with E-state index in [1.54, 1.807) is 24.3 Å². The summed E-state index contributed by atoms with van der Waals surface area (Å²) in [6, 6.07) is 12.3. The number of ether oxygens (including phenoxy) is 1. The minimum atomic E-state index is -3.25. The van der Waals surface area contributed by atoms with Crippen LogP contribution in [0.25, 0.3) is 22.0 Å². The van der Waals surface area contributed by atoms with Crippen LogP contribution in [-0.4, -0.2) is 50.0 Å². The standard InChI is InChI=1S/C20H20N4O4S/c1-29(26,27)15-5-2-12(3-6-15)13-4-7-16-17(10-13)23-24-19(20(21)25)18(16)22-14-8-9-28-11-14/h2-7,10,14H,8-9,11H2,1H3,(H2,21,25)(H,22,23). The van der Waals surface area contributed by atoms with Gasteiger partial charge in [-0.25, -0.2) is 8.42 Å². The minimum absolute atomic E-state index is 0.0729. The first kappa shape index (κ1) is 19.3. The van der Waals surface area contributed by atoms with Crippen LogP contribution in [0.1, 0.15) is 16.9 Å². The van der Waals surface area contributed by atoms with Crippen LogP contribution in [0.5, 0.6) is 0 Å². The number of fused-ring (bicyclic) bond motifs is 1. The van der Waals surface area contributed by atoms with Crippen molar-refractivity contribution in [3.05, 3.63) is 48.2 Å². The fraction of sp³-hybridized carbons (Fsp3) is 0.250. The molecule has 0 radical (unpaired) electrons. The lowest BCUT2D eigenvalue weighted by atomic mass is 10.0. The first-order valence-corrected chi connectivity index (χ1v) is 11.0. The average molecular weight is 412 g/mol. The highest BCUT2D eigenvalue weighted by molar-refractivity contribution is 7.90. The van der Waals surface area contributed by atoms with Gasteiger partial charge in [-0.05, 0) is 41.8 Å². The molecular formula is C20H20N4O4S. The van der Waals surface area contributed by atoms with Gasteiger partial charge in [-0.2, -0.15) is 0 Å². The lowest BCUT2D eigenvalue weighted by Gasteiger charge is -2.16. The van der Waals surface area contributed by atoms with Crippen LogP contribution in [0.15, 0.2) is 47.4 Å². The van der Waals surface area contributed by atoms with Crippen LogP contribution in [0.3, 0.4) is 0 Å². The fourth-order valence-electron chi connectivity index (χ4n) is 3.35. The van der Waals surface area contributed by atoms with Crippen molar-refractivity contribution in [3.8, 4) is 11.1 Å². The monoisotopic (exact) mass is 412 g/mol. The van der Waals surface area contributed by atoms with Gasteiger partial charge in [0.15, 0.2) is 15.5 Å². The molecule has 1 unspecified atom stereocenters. The highest BCUT2D eigenvalue weighted by atomic mass is 32.2. The maximum absolute atomic E-state index is 11.8. The molecule has 0 saturated carbocycles. The zero-order valence-electron chi connectivity index (χ0n) is 15.8. The van der Waals surface area contributed by atoms with Gasteiger partial charge >= 0.3 is 0 Å². The number of carbonyl (C=O) groups excluding carboxylic acids is 1. The van der Waals surface area contributed by atoms with Crippen molar-refractivity contribution < 1.29 is 17.9 Å². The Morgan fingerprint density at radius 1 is 1.14 bits per heavy atom. The molecule has 0 aliphatic carbocycles. The first-order chi connectivity index (χ1) is 13.8. The smallest absolute Gasteiger partial charge is 0.271 e. The third kappa shape index (κ3) is 3.92. The molecular weight excluding hydrogens is 392 g/mol. The van der Waals surface area contributed by atoms with Crippen molar-refractivity contribution >= 4 is 32.3 Å². The molecule has 29 heavy (non-hydrogen) atoms. The Balaban J connectivity index is 1.76. The Bertz CT molecular complexity index is 1190. The van der Waals surface area contributed by atoms with Crippen LogP contribution >= 0.6 is 0 Å². The van der Waals surface area contributed by atoms with Gasteiger partial charge in [-0.1, -0.05) is 18.2 Å². The number of primary amides is 1. The van der Waals surface area contributed by atoms with Crippen LogP contribution in [-0.2, 0) is 14.6 Å². The average Bonchev–Trinajstić information content (AvgIpc) is 3.20. The van der Waals surface area contributed by atoms with Crippen molar-refractivity contribution in [2.75, 3.05) is 24.8 Å². The summed E-state index contributed by atoms with van der Waals surface area (Å²) in [6.45, 7) is 1.21. The van der Waals surface area contributed by atoms with E-state index in [2.05, 4.69) is 15.5 Å². The van der Waals surface area contributed by atoms with E-state index in [4.69, 9.17) is 10.5 Å². The number of hydrogen-bond donors (Lipinski definition) is 2. The normalized spacial score (nSPS) is 16.8. The molecule has 4 rings (SSSR count). The largest absolute Gasteiger partial charge is 0.379 e. The third-order valence-corrected chi connectivity index (χ3v) is 6.02. The molecule has 1 fully saturated rings. The van der Waals surface area contributed by atoms with Crippen molar-refractivity contribution in [2.24, 2.45) is 5.73 Å². The number of rotatable bonds is 5. The number of carbonyl (C=O) groups is 1. The van der Waals surface area contributed by atoms with E-state index < -0.39 is 15.7 Å². The van der Waals surface area contributed by atoms with E-state index in [9.17, 15) is 13.2 Å². The summed E-state index contributed by atoms with van der Waals surface area (Å²) in [4.78, 5) is 12.1. The molecule has 1 aliphatic rings. The quantitative estimate of drug-likeness (QED) is 0.657. The predicted molar refractivity (Wildman–Crippen MR) is 109 cm³/mol. The van der Waals surface area contributed by atoms with Gasteiger partial charge in [0, 0.05) is 18.2 Å². The molecule has 0 bridgehead atoms. The van der Waals surface area contributed by atoms with Gasteiger partial charge in [-0.3, -0.25) is 4.79 Å². The van der Waals surface area contributed by atoms with Gasteiger partial charge in [-0.15, -0.1) is 10.2 Å². The summed E-state index contributed by atoms with van der Waals surface area (Å²) in [5, 5.41) is 12.2. The molecule has 1 aromatic heterocycles. The Morgan fingerprint density at radius 2 is 1.86 bits per heavy atom. The lowest BCUT2D eigenvalue weighted by Crippen LogP contribution is -2.24. The maximum Gasteiger partial charge on any atom is 0.271 e. The number of aromatic nitrogens is 2. The molecule has 1 aliphatic heterocycles. The number of hydrogen-bond acceptors (Lipinski definition) is 7. The van der Waals surface area contributed by atoms with Gasteiger partial charge in [0.05, 0.1) is 28.7 Å². The zero-order chi connectivity index (χ0) is 20.6. The summed E-state index contributed by atoms with van der Waals surface area (Å²) >= 11 is 0. The van der Waals surface area contributed by atoms with Gasteiger partial charge in [0.1, 0.15) is 0 Å². The third-order valence-electron chi connectivity index (χ3n) is 4.89. The van der Waals surface area contributed by atoms with E-state index in [1.165, 1.54) is 6.26 Å². The van der Waals surface area contributed by atoms with Crippen LogP contribution in [0.2, 0.25) is 0 Å². The minimum Gasteiger partial charge on any atom is -0.379 e. The van der Waals surface area contributed by atoms with Crippen molar-refractivity contribution in [3.63, 3.8) is 0 Å². The second kappa shape index (κ2) is 7.41. The summed E-state index contributed by atoms with van der Waals surface area (Å²) in [6.07, 6.45) is 2.00. The highest BCUT2D eigenvalue weighted by Gasteiger charge is 2.21. The number of sulfone groups is 1. The lowest BCUT2D eigenvalue weighted by molar-refractivity contribution is 0.0995. The van der Waals surface area contributed by atoms with Gasteiger partial charge in [0.2, 0.25) is 0 Å². The number of anilines is 1. The van der Waals surface area contributed by atoms with Crippen LogP contribution < -0.4 is 11.1 Å². The molecule has 1 saturated heterocycles. The maximum atomic E-state index is 11.8. The molecule has 3 aromatic rings. The summed E-state index contributed by atoms with van der Waals surface area (Å²) in [5.41, 5.74) is 8.43. The molecule has 3 N–H and O–H groups in total. The van der Waals surface area contributed by atoms with Crippen LogP contribution in [0, 0.1) is 0 Å². The second-order valence-corrected chi connectivity index (χ2v) is 9.04. The van der Waals surface area contributed by atoms with E-state index in [-0.39, 0.29) is 16.6 Å². The Labute approximate surface area is 168 Å². The van der Waals surface area contributed by atoms with Crippen molar-refractivity contribution in [1.29, 1.82) is 0 Å². The number of amides is 1. The number of nitrogens with one attached hydrogen (secondary N) is 1. The Kier molecular flexibility index (Phi) is 4.93. The van der Waals surface area contributed by atoms with E-state index in [0.29, 0.717) is 24.4 Å². The molecule has 2 aromatic carbocycles. The van der Waals surface area contributed by atoms with E-state index in [1.807, 2.05) is 18.2 Å². The van der Waals surface area contributed by atoms with Gasteiger partial charge < -0.3 is 15.8 Å². The molecule has 9 heteroatoms. The van der Waals surface area contributed by atoms with E-state index >= 15 is 0 Å².